The summed E-state index contributed by atoms with van der Waals surface area (Å²) in [5, 5.41) is 9.02. The lowest BCUT2D eigenvalue weighted by molar-refractivity contribution is -0.139. The molecule has 1 aromatic rings. The Morgan fingerprint density at radius 3 is 2.50 bits per heavy atom. The number of rotatable bonds is 1. The number of halogens is 3. The van der Waals surface area contributed by atoms with E-state index in [-0.39, 0.29) is 5.69 Å². The van der Waals surface area contributed by atoms with E-state index in [1.165, 1.54) is 12.3 Å². The maximum Gasteiger partial charge on any atom is 0.418 e. The first-order chi connectivity index (χ1) is 7.49. The summed E-state index contributed by atoms with van der Waals surface area (Å²) in [6.45, 7) is 0. The number of nitriles is 1. The van der Waals surface area contributed by atoms with Crippen molar-refractivity contribution in [1.29, 1.82) is 5.26 Å². The van der Waals surface area contributed by atoms with Gasteiger partial charge in [-0.3, -0.25) is 4.98 Å². The standard InChI is InChI=1S/C11H9F3N2/c12-11(13,14)8-3-1-6-16-9(8)10(7-15)4-2-5-10/h1,3,6H,2,4-5H2. The van der Waals surface area contributed by atoms with Crippen molar-refractivity contribution in [1.82, 2.24) is 4.98 Å². The highest BCUT2D eigenvalue weighted by Crippen LogP contribution is 2.46. The molecule has 0 atom stereocenters. The van der Waals surface area contributed by atoms with E-state index in [1.54, 1.807) is 0 Å². The van der Waals surface area contributed by atoms with E-state index in [2.05, 4.69) is 4.98 Å². The van der Waals surface area contributed by atoms with Crippen molar-refractivity contribution in [2.24, 2.45) is 0 Å². The van der Waals surface area contributed by atoms with Crippen molar-refractivity contribution in [2.45, 2.75) is 30.9 Å². The molecule has 84 valence electrons. The monoisotopic (exact) mass is 226 g/mol. The Balaban J connectivity index is 2.54. The molecule has 2 nitrogen and oxygen atoms in total. The van der Waals surface area contributed by atoms with Gasteiger partial charge in [0.1, 0.15) is 0 Å². The molecule has 16 heavy (non-hydrogen) atoms. The molecule has 1 saturated carbocycles. The summed E-state index contributed by atoms with van der Waals surface area (Å²) in [5.41, 5.74) is -1.92. The predicted molar refractivity (Wildman–Crippen MR) is 50.4 cm³/mol. The molecular weight excluding hydrogens is 217 g/mol. The van der Waals surface area contributed by atoms with Crippen LogP contribution in [0.2, 0.25) is 0 Å². The van der Waals surface area contributed by atoms with Crippen molar-refractivity contribution >= 4 is 0 Å². The second-order valence-corrected chi connectivity index (χ2v) is 3.94. The number of hydrogen-bond acceptors (Lipinski definition) is 2. The lowest BCUT2D eigenvalue weighted by Gasteiger charge is -2.35. The zero-order valence-electron chi connectivity index (χ0n) is 8.38. The Hall–Kier alpha value is -1.57. The highest BCUT2D eigenvalue weighted by molar-refractivity contribution is 5.37. The van der Waals surface area contributed by atoms with Crippen LogP contribution in [0.15, 0.2) is 18.3 Å². The molecule has 1 aromatic heterocycles. The third-order valence-electron chi connectivity index (χ3n) is 2.99. The van der Waals surface area contributed by atoms with Crippen molar-refractivity contribution < 1.29 is 13.2 Å². The molecule has 0 spiro atoms. The molecule has 1 aliphatic carbocycles. The van der Waals surface area contributed by atoms with Crippen LogP contribution in [0.4, 0.5) is 13.2 Å². The largest absolute Gasteiger partial charge is 0.418 e. The highest BCUT2D eigenvalue weighted by atomic mass is 19.4. The maximum atomic E-state index is 12.7. The fourth-order valence-corrected chi connectivity index (χ4v) is 1.95. The Morgan fingerprint density at radius 2 is 2.06 bits per heavy atom. The van der Waals surface area contributed by atoms with Gasteiger partial charge in [0.2, 0.25) is 0 Å². The molecule has 0 radical (unpaired) electrons. The topological polar surface area (TPSA) is 36.7 Å². The molecule has 5 heteroatoms. The van der Waals surface area contributed by atoms with Crippen LogP contribution in [0.3, 0.4) is 0 Å². The summed E-state index contributed by atoms with van der Waals surface area (Å²) >= 11 is 0. The Labute approximate surface area is 90.7 Å². The average molecular weight is 226 g/mol. The minimum atomic E-state index is -4.44. The summed E-state index contributed by atoms with van der Waals surface area (Å²) in [6, 6.07) is 4.21. The van der Waals surface area contributed by atoms with Crippen molar-refractivity contribution in [3.63, 3.8) is 0 Å². The molecule has 1 aliphatic rings. The normalized spacial score (nSPS) is 18.6. The Morgan fingerprint density at radius 1 is 1.38 bits per heavy atom. The first kappa shape index (κ1) is 10.9. The van der Waals surface area contributed by atoms with Gasteiger partial charge in [-0.15, -0.1) is 0 Å². The molecule has 0 aliphatic heterocycles. The van der Waals surface area contributed by atoms with E-state index in [1.807, 2.05) is 6.07 Å². The van der Waals surface area contributed by atoms with E-state index in [0.29, 0.717) is 12.8 Å². The van der Waals surface area contributed by atoms with Crippen LogP contribution < -0.4 is 0 Å². The first-order valence-corrected chi connectivity index (χ1v) is 4.93. The summed E-state index contributed by atoms with van der Waals surface area (Å²) in [6.07, 6.45) is -1.43. The zero-order valence-corrected chi connectivity index (χ0v) is 8.38. The second-order valence-electron chi connectivity index (χ2n) is 3.94. The third-order valence-corrected chi connectivity index (χ3v) is 2.99. The number of hydrogen-bond donors (Lipinski definition) is 0. The van der Waals surface area contributed by atoms with Crippen LogP contribution in [0, 0.1) is 11.3 Å². The van der Waals surface area contributed by atoms with Crippen molar-refractivity contribution in [3.05, 3.63) is 29.6 Å². The molecule has 1 heterocycles. The number of aromatic nitrogens is 1. The van der Waals surface area contributed by atoms with E-state index in [9.17, 15) is 13.2 Å². The van der Waals surface area contributed by atoms with Crippen LogP contribution in [-0.4, -0.2) is 4.98 Å². The average Bonchev–Trinajstić information content (AvgIpc) is 2.16. The summed E-state index contributed by atoms with van der Waals surface area (Å²) < 4.78 is 38.2. The summed E-state index contributed by atoms with van der Waals surface area (Å²) in [4.78, 5) is 3.77. The first-order valence-electron chi connectivity index (χ1n) is 4.93. The van der Waals surface area contributed by atoms with Gasteiger partial charge in [0, 0.05) is 6.20 Å². The van der Waals surface area contributed by atoms with Crippen LogP contribution >= 0.6 is 0 Å². The van der Waals surface area contributed by atoms with Crippen molar-refractivity contribution in [2.75, 3.05) is 0 Å². The van der Waals surface area contributed by atoms with Gasteiger partial charge in [0.05, 0.1) is 22.7 Å². The predicted octanol–water partition coefficient (Wildman–Crippen LogP) is 3.05. The van der Waals surface area contributed by atoms with Gasteiger partial charge >= 0.3 is 6.18 Å². The van der Waals surface area contributed by atoms with E-state index >= 15 is 0 Å². The van der Waals surface area contributed by atoms with Crippen LogP contribution in [0.5, 0.6) is 0 Å². The fourth-order valence-electron chi connectivity index (χ4n) is 1.95. The molecule has 1 fully saturated rings. The lowest BCUT2D eigenvalue weighted by atomic mass is 9.66. The fraction of sp³-hybridized carbons (Fsp3) is 0.455. The van der Waals surface area contributed by atoms with E-state index in [0.717, 1.165) is 12.5 Å². The Kier molecular flexibility index (Phi) is 2.38. The molecule has 0 N–H and O–H groups in total. The molecule has 0 bridgehead atoms. The quantitative estimate of drug-likeness (QED) is 0.737. The van der Waals surface area contributed by atoms with Gasteiger partial charge in [-0.05, 0) is 31.4 Å². The van der Waals surface area contributed by atoms with E-state index in [4.69, 9.17) is 5.26 Å². The van der Waals surface area contributed by atoms with Gasteiger partial charge in [-0.1, -0.05) is 0 Å². The van der Waals surface area contributed by atoms with Crippen LogP contribution in [-0.2, 0) is 11.6 Å². The van der Waals surface area contributed by atoms with Gasteiger partial charge in [-0.2, -0.15) is 18.4 Å². The SMILES string of the molecule is N#CC1(c2ncccc2C(F)(F)F)CCC1. The Bertz CT molecular complexity index is 441. The molecule has 2 rings (SSSR count). The third kappa shape index (κ3) is 1.54. The van der Waals surface area contributed by atoms with Crippen LogP contribution in [0.25, 0.3) is 0 Å². The maximum absolute atomic E-state index is 12.7. The minimum absolute atomic E-state index is 0.115. The molecule has 0 unspecified atom stereocenters. The molecule has 0 amide bonds. The van der Waals surface area contributed by atoms with Crippen LogP contribution in [0.1, 0.15) is 30.5 Å². The molecular formula is C11H9F3N2. The minimum Gasteiger partial charge on any atom is -0.259 e. The summed E-state index contributed by atoms with van der Waals surface area (Å²) in [5.74, 6) is 0. The number of pyridine rings is 1. The van der Waals surface area contributed by atoms with Gasteiger partial charge in [0.25, 0.3) is 0 Å². The van der Waals surface area contributed by atoms with E-state index < -0.39 is 17.2 Å². The number of alkyl halides is 3. The van der Waals surface area contributed by atoms with Gasteiger partial charge < -0.3 is 0 Å². The summed E-state index contributed by atoms with van der Waals surface area (Å²) in [7, 11) is 0. The molecule has 0 saturated heterocycles. The van der Waals surface area contributed by atoms with Crippen molar-refractivity contribution in [3.8, 4) is 6.07 Å². The highest BCUT2D eigenvalue weighted by Gasteiger charge is 2.46. The zero-order chi connectivity index (χ0) is 11.8. The van der Waals surface area contributed by atoms with Gasteiger partial charge in [0.15, 0.2) is 0 Å². The lowest BCUT2D eigenvalue weighted by Crippen LogP contribution is -2.35. The van der Waals surface area contributed by atoms with Gasteiger partial charge in [-0.25, -0.2) is 0 Å². The second kappa shape index (κ2) is 3.48. The number of nitrogens with zero attached hydrogens (tertiary/aromatic N) is 2. The smallest absolute Gasteiger partial charge is 0.259 e. The molecule has 0 aromatic carbocycles.